The molecule has 3 heteroatoms. The Kier molecular flexibility index (Phi) is 4.93. The molecule has 24 heavy (non-hydrogen) atoms. The molecule has 2 aromatic rings. The minimum atomic E-state index is -0.231. The van der Waals surface area contributed by atoms with Crippen molar-refractivity contribution < 1.29 is 5.11 Å². The third-order valence-corrected chi connectivity index (χ3v) is 6.41. The zero-order chi connectivity index (χ0) is 16.5. The fourth-order valence-electron chi connectivity index (χ4n) is 4.37. The topological polar surface area (TPSA) is 23.5 Å². The van der Waals surface area contributed by atoms with Gasteiger partial charge in [0.05, 0.1) is 6.10 Å². The quantitative estimate of drug-likeness (QED) is 0.724. The molecule has 0 bridgehead atoms. The van der Waals surface area contributed by atoms with E-state index in [0.717, 1.165) is 25.9 Å². The zero-order valence-electron chi connectivity index (χ0n) is 13.9. The van der Waals surface area contributed by atoms with E-state index in [4.69, 9.17) is 0 Å². The summed E-state index contributed by atoms with van der Waals surface area (Å²) in [6.07, 6.45) is 3.96. The highest BCUT2D eigenvalue weighted by Crippen LogP contribution is 2.32. The van der Waals surface area contributed by atoms with E-state index in [9.17, 15) is 5.11 Å². The monoisotopic (exact) mass is 433 g/mol. The fraction of sp³-hybridized carbons (Fsp3) is 0.429. The van der Waals surface area contributed by atoms with Crippen LogP contribution in [0.15, 0.2) is 48.5 Å². The number of piperidine rings is 1. The average molecular weight is 433 g/mol. The number of likely N-dealkylation sites (tertiary alicyclic amines) is 1. The number of aliphatic hydroxyl groups is 1. The van der Waals surface area contributed by atoms with Gasteiger partial charge in [0.25, 0.3) is 0 Å². The molecule has 2 aromatic carbocycles. The summed E-state index contributed by atoms with van der Waals surface area (Å²) >= 11 is 2.39. The molecule has 1 N–H and O–H groups in total. The van der Waals surface area contributed by atoms with Gasteiger partial charge in [0, 0.05) is 16.0 Å². The van der Waals surface area contributed by atoms with Crippen molar-refractivity contribution in [2.24, 2.45) is 0 Å². The highest BCUT2D eigenvalue weighted by molar-refractivity contribution is 14.1. The Morgan fingerprint density at radius 3 is 2.42 bits per heavy atom. The molecule has 0 saturated carbocycles. The van der Waals surface area contributed by atoms with Gasteiger partial charge < -0.3 is 5.11 Å². The Hall–Kier alpha value is -0.910. The Balaban J connectivity index is 1.44. The van der Waals surface area contributed by atoms with Crippen molar-refractivity contribution in [3.8, 4) is 0 Å². The lowest BCUT2D eigenvalue weighted by Crippen LogP contribution is -2.50. The SMILES string of the molecule is O[C@@H]1Cc2ccc(I)cc2C[C@H]1N1CCC(c2ccccc2)CC1. The maximum absolute atomic E-state index is 10.7. The predicted molar refractivity (Wildman–Crippen MR) is 106 cm³/mol. The fourth-order valence-corrected chi connectivity index (χ4v) is 4.92. The number of fused-ring (bicyclic) bond motifs is 1. The maximum atomic E-state index is 10.7. The van der Waals surface area contributed by atoms with E-state index in [1.807, 2.05) is 0 Å². The number of hydrogen-bond acceptors (Lipinski definition) is 2. The second-order valence-electron chi connectivity index (χ2n) is 7.18. The first kappa shape index (κ1) is 16.6. The van der Waals surface area contributed by atoms with Gasteiger partial charge in [-0.2, -0.15) is 0 Å². The van der Waals surface area contributed by atoms with Crippen LogP contribution >= 0.6 is 22.6 Å². The molecule has 1 heterocycles. The summed E-state index contributed by atoms with van der Waals surface area (Å²) in [6.45, 7) is 2.20. The second-order valence-corrected chi connectivity index (χ2v) is 8.42. The predicted octanol–water partition coefficient (Wildman–Crippen LogP) is 4.00. The van der Waals surface area contributed by atoms with Crippen molar-refractivity contribution in [3.63, 3.8) is 0 Å². The molecule has 2 atom stereocenters. The van der Waals surface area contributed by atoms with Crippen molar-refractivity contribution in [2.45, 2.75) is 43.7 Å². The number of nitrogens with zero attached hydrogens (tertiary/aromatic N) is 1. The van der Waals surface area contributed by atoms with Gasteiger partial charge in [-0.05, 0) is 89.7 Å². The number of hydrogen-bond donors (Lipinski definition) is 1. The van der Waals surface area contributed by atoms with E-state index >= 15 is 0 Å². The van der Waals surface area contributed by atoms with Crippen LogP contribution < -0.4 is 0 Å². The van der Waals surface area contributed by atoms with Crippen molar-refractivity contribution in [1.29, 1.82) is 0 Å². The minimum Gasteiger partial charge on any atom is -0.391 e. The standard InChI is InChI=1S/C21H24INO/c22-19-7-6-17-14-21(24)20(13-18(17)12-19)23-10-8-16(9-11-23)15-4-2-1-3-5-15/h1-7,12,16,20-21,24H,8-11,13-14H2/t20-,21-/m1/s1. The molecule has 1 aliphatic heterocycles. The van der Waals surface area contributed by atoms with Crippen molar-refractivity contribution in [1.82, 2.24) is 4.90 Å². The molecule has 1 aliphatic carbocycles. The van der Waals surface area contributed by atoms with Gasteiger partial charge in [-0.25, -0.2) is 0 Å². The Morgan fingerprint density at radius 1 is 0.917 bits per heavy atom. The summed E-state index contributed by atoms with van der Waals surface area (Å²) < 4.78 is 1.30. The summed E-state index contributed by atoms with van der Waals surface area (Å²) in [5, 5.41) is 10.7. The van der Waals surface area contributed by atoms with Gasteiger partial charge in [0.1, 0.15) is 0 Å². The molecule has 0 aromatic heterocycles. The van der Waals surface area contributed by atoms with Crippen LogP contribution in [0.3, 0.4) is 0 Å². The molecule has 4 rings (SSSR count). The summed E-state index contributed by atoms with van der Waals surface area (Å²) in [7, 11) is 0. The molecule has 0 spiro atoms. The Morgan fingerprint density at radius 2 is 1.67 bits per heavy atom. The first-order valence-electron chi connectivity index (χ1n) is 8.95. The number of aliphatic hydroxyl groups excluding tert-OH is 1. The van der Waals surface area contributed by atoms with Crippen LogP contribution in [0.5, 0.6) is 0 Å². The number of rotatable bonds is 2. The van der Waals surface area contributed by atoms with Crippen LogP contribution in [0, 0.1) is 3.57 Å². The number of benzene rings is 2. The molecule has 1 fully saturated rings. The van der Waals surface area contributed by atoms with E-state index in [0.29, 0.717) is 5.92 Å². The van der Waals surface area contributed by atoms with Gasteiger partial charge in [-0.15, -0.1) is 0 Å². The molecular weight excluding hydrogens is 409 g/mol. The Labute approximate surface area is 158 Å². The lowest BCUT2D eigenvalue weighted by Gasteiger charge is -2.42. The van der Waals surface area contributed by atoms with Crippen molar-refractivity contribution in [2.75, 3.05) is 13.1 Å². The van der Waals surface area contributed by atoms with Gasteiger partial charge in [0.15, 0.2) is 0 Å². The third kappa shape index (κ3) is 3.39. The summed E-state index contributed by atoms with van der Waals surface area (Å²) in [6, 6.07) is 17.8. The lowest BCUT2D eigenvalue weighted by molar-refractivity contribution is 0.0294. The van der Waals surface area contributed by atoms with Crippen LogP contribution in [-0.2, 0) is 12.8 Å². The lowest BCUT2D eigenvalue weighted by atomic mass is 9.83. The Bertz CT molecular complexity index is 694. The van der Waals surface area contributed by atoms with E-state index in [1.165, 1.54) is 33.1 Å². The van der Waals surface area contributed by atoms with Crippen LogP contribution in [-0.4, -0.2) is 35.2 Å². The average Bonchev–Trinajstić information content (AvgIpc) is 2.62. The van der Waals surface area contributed by atoms with Crippen LogP contribution in [0.25, 0.3) is 0 Å². The molecule has 2 nitrogen and oxygen atoms in total. The van der Waals surface area contributed by atoms with Gasteiger partial charge in [-0.3, -0.25) is 4.90 Å². The van der Waals surface area contributed by atoms with Crippen molar-refractivity contribution in [3.05, 3.63) is 68.8 Å². The maximum Gasteiger partial charge on any atom is 0.0738 e. The van der Waals surface area contributed by atoms with Gasteiger partial charge in [0.2, 0.25) is 0 Å². The van der Waals surface area contributed by atoms with Crippen LogP contribution in [0.4, 0.5) is 0 Å². The molecule has 0 unspecified atom stereocenters. The molecule has 1 saturated heterocycles. The summed E-state index contributed by atoms with van der Waals surface area (Å²) in [5.74, 6) is 0.677. The highest BCUT2D eigenvalue weighted by Gasteiger charge is 2.33. The molecular formula is C21H24INO. The van der Waals surface area contributed by atoms with E-state index in [2.05, 4.69) is 76.0 Å². The van der Waals surface area contributed by atoms with Crippen LogP contribution in [0.1, 0.15) is 35.4 Å². The number of halogens is 1. The van der Waals surface area contributed by atoms with E-state index in [-0.39, 0.29) is 12.1 Å². The largest absolute Gasteiger partial charge is 0.391 e. The summed E-state index contributed by atoms with van der Waals surface area (Å²) in [4.78, 5) is 2.53. The minimum absolute atomic E-state index is 0.231. The van der Waals surface area contributed by atoms with Gasteiger partial charge in [-0.1, -0.05) is 36.4 Å². The highest BCUT2D eigenvalue weighted by atomic mass is 127. The van der Waals surface area contributed by atoms with E-state index < -0.39 is 0 Å². The smallest absolute Gasteiger partial charge is 0.0738 e. The normalized spacial score (nSPS) is 25.4. The van der Waals surface area contributed by atoms with Gasteiger partial charge >= 0.3 is 0 Å². The molecule has 2 aliphatic rings. The first-order chi connectivity index (χ1) is 11.7. The van der Waals surface area contributed by atoms with Crippen LogP contribution in [0.2, 0.25) is 0 Å². The zero-order valence-corrected chi connectivity index (χ0v) is 16.0. The third-order valence-electron chi connectivity index (χ3n) is 5.74. The van der Waals surface area contributed by atoms with E-state index in [1.54, 1.807) is 0 Å². The first-order valence-corrected chi connectivity index (χ1v) is 10.0. The second kappa shape index (κ2) is 7.14. The molecule has 0 amide bonds. The van der Waals surface area contributed by atoms with Crippen molar-refractivity contribution >= 4 is 22.6 Å². The molecule has 0 radical (unpaired) electrons. The summed E-state index contributed by atoms with van der Waals surface area (Å²) in [5.41, 5.74) is 4.24. The molecule has 126 valence electrons.